The Morgan fingerprint density at radius 1 is 0.533 bits per heavy atom. The average molecular weight is 220 g/mol. The minimum Gasteiger partial charge on any atom is -2.00 e. The zero-order valence-electron chi connectivity index (χ0n) is 9.08. The van der Waals surface area contributed by atoms with Crippen LogP contribution in [0.15, 0.2) is 61.2 Å². The second kappa shape index (κ2) is 8.00. The maximum absolute atomic E-state index is 2.00. The van der Waals surface area contributed by atoms with Crippen molar-refractivity contribution in [3.63, 3.8) is 0 Å². The molecule has 2 heterocycles. The third kappa shape index (κ3) is 6.69. The Morgan fingerprint density at radius 2 is 0.800 bits per heavy atom. The van der Waals surface area contributed by atoms with Crippen molar-refractivity contribution in [2.75, 3.05) is 0 Å². The molecule has 80 valence electrons. The van der Waals surface area contributed by atoms with Crippen LogP contribution < -0.4 is 9.13 Å². The number of hydrogen-bond acceptors (Lipinski definition) is 0. The van der Waals surface area contributed by atoms with Crippen molar-refractivity contribution >= 4 is 13.5 Å². The molecule has 0 aromatic carbocycles. The van der Waals surface area contributed by atoms with Gasteiger partial charge in [0, 0.05) is 24.3 Å². The molecule has 0 aliphatic carbocycles. The van der Waals surface area contributed by atoms with Gasteiger partial charge in [0.15, 0.2) is 24.8 Å². The van der Waals surface area contributed by atoms with Crippen LogP contribution in [-0.4, -0.2) is 0 Å². The Bertz CT molecular complexity index is 311. The lowest BCUT2D eigenvalue weighted by Gasteiger charge is -2.00. The molecule has 0 saturated carbocycles. The zero-order valence-corrected chi connectivity index (χ0v) is 9.89. The monoisotopic (exact) mass is 220 g/mol. The van der Waals surface area contributed by atoms with Gasteiger partial charge in [-0.25, -0.2) is 9.13 Å². The largest absolute Gasteiger partial charge is 2.00 e. The molecule has 2 aromatic heterocycles. The molecular weight excluding hydrogens is 204 g/mol. The molecule has 0 saturated heterocycles. The number of rotatable bonds is 0. The van der Waals surface area contributed by atoms with E-state index < -0.39 is 0 Å². The van der Waals surface area contributed by atoms with Crippen molar-refractivity contribution in [1.29, 1.82) is 0 Å². The lowest BCUT2D eigenvalue weighted by atomic mass is 10.5. The van der Waals surface area contributed by atoms with Crippen LogP contribution in [0.1, 0.15) is 0 Å². The van der Waals surface area contributed by atoms with Crippen LogP contribution >= 0.6 is 0 Å². The van der Waals surface area contributed by atoms with Crippen molar-refractivity contribution in [1.82, 2.24) is 0 Å². The van der Waals surface area contributed by atoms with Gasteiger partial charge < -0.3 is 13.5 Å². The third-order valence-electron chi connectivity index (χ3n) is 1.73. The highest BCUT2D eigenvalue weighted by molar-refractivity contribution is 7.37. The SMILES string of the molecule is C[n+]1ccccc1.C[n+]1ccccc1.[S-2]. The van der Waals surface area contributed by atoms with Crippen molar-refractivity contribution < 1.29 is 9.13 Å². The second-order valence-corrected chi connectivity index (χ2v) is 3.08. The fourth-order valence-electron chi connectivity index (χ4n) is 0.969. The molecule has 0 radical (unpaired) electrons. The predicted octanol–water partition coefficient (Wildman–Crippen LogP) is 1.02. The average Bonchev–Trinajstić information content (AvgIpc) is 2.21. The van der Waals surface area contributed by atoms with Crippen LogP contribution in [0.2, 0.25) is 0 Å². The third-order valence-corrected chi connectivity index (χ3v) is 1.73. The molecule has 0 aliphatic heterocycles. The maximum atomic E-state index is 2.00. The van der Waals surface area contributed by atoms with Crippen LogP contribution in [0.4, 0.5) is 0 Å². The van der Waals surface area contributed by atoms with Crippen LogP contribution in [0.25, 0.3) is 0 Å². The van der Waals surface area contributed by atoms with E-state index in [4.69, 9.17) is 0 Å². The first-order valence-electron chi connectivity index (χ1n) is 4.59. The van der Waals surface area contributed by atoms with E-state index in [0.29, 0.717) is 0 Å². The second-order valence-electron chi connectivity index (χ2n) is 3.08. The summed E-state index contributed by atoms with van der Waals surface area (Å²) in [6, 6.07) is 12.0. The highest BCUT2D eigenvalue weighted by atomic mass is 32.1. The number of aromatic nitrogens is 2. The molecule has 0 aliphatic rings. The van der Waals surface area contributed by atoms with E-state index >= 15 is 0 Å². The molecule has 0 atom stereocenters. The summed E-state index contributed by atoms with van der Waals surface area (Å²) in [6.45, 7) is 0. The van der Waals surface area contributed by atoms with Crippen LogP contribution in [-0.2, 0) is 27.6 Å². The summed E-state index contributed by atoms with van der Waals surface area (Å²) in [6.07, 6.45) is 8.00. The van der Waals surface area contributed by atoms with E-state index in [9.17, 15) is 0 Å². The normalized spacial score (nSPS) is 8.13. The van der Waals surface area contributed by atoms with E-state index in [-0.39, 0.29) is 13.5 Å². The summed E-state index contributed by atoms with van der Waals surface area (Å²) in [5.41, 5.74) is 0. The molecule has 2 rings (SSSR count). The smallest absolute Gasteiger partial charge is 0.168 e. The summed E-state index contributed by atoms with van der Waals surface area (Å²) in [7, 11) is 4.00. The Hall–Kier alpha value is -1.35. The summed E-state index contributed by atoms with van der Waals surface area (Å²) in [4.78, 5) is 0. The summed E-state index contributed by atoms with van der Waals surface area (Å²) >= 11 is 0. The minimum atomic E-state index is 0. The van der Waals surface area contributed by atoms with Crippen LogP contribution in [0.5, 0.6) is 0 Å². The van der Waals surface area contributed by atoms with Gasteiger partial charge in [0.25, 0.3) is 0 Å². The maximum Gasteiger partial charge on any atom is 0.168 e. The number of pyridine rings is 2. The van der Waals surface area contributed by atoms with E-state index in [1.54, 1.807) is 0 Å². The highest BCUT2D eigenvalue weighted by Crippen LogP contribution is 1.72. The van der Waals surface area contributed by atoms with Crippen molar-refractivity contribution in [2.45, 2.75) is 0 Å². The lowest BCUT2D eigenvalue weighted by molar-refractivity contribution is -0.671. The van der Waals surface area contributed by atoms with Gasteiger partial charge in [-0.05, 0) is 0 Å². The van der Waals surface area contributed by atoms with Gasteiger partial charge in [0.1, 0.15) is 14.1 Å². The van der Waals surface area contributed by atoms with Gasteiger partial charge in [0.2, 0.25) is 0 Å². The van der Waals surface area contributed by atoms with Gasteiger partial charge in [-0.3, -0.25) is 0 Å². The number of nitrogens with zero attached hydrogens (tertiary/aromatic N) is 2. The molecular formula is C12H16N2S. The van der Waals surface area contributed by atoms with Crippen molar-refractivity contribution in [3.05, 3.63) is 61.2 Å². The quantitative estimate of drug-likeness (QED) is 0.586. The van der Waals surface area contributed by atoms with E-state index in [1.807, 2.05) is 84.4 Å². The molecule has 0 N–H and O–H groups in total. The van der Waals surface area contributed by atoms with E-state index in [1.165, 1.54) is 0 Å². The molecule has 0 amide bonds. The number of hydrogen-bond donors (Lipinski definition) is 0. The van der Waals surface area contributed by atoms with Crippen LogP contribution in [0.3, 0.4) is 0 Å². The van der Waals surface area contributed by atoms with E-state index in [0.717, 1.165) is 0 Å². The van der Waals surface area contributed by atoms with Gasteiger partial charge >= 0.3 is 0 Å². The Kier molecular flexibility index (Phi) is 7.28. The van der Waals surface area contributed by atoms with Crippen molar-refractivity contribution in [2.24, 2.45) is 14.1 Å². The molecule has 15 heavy (non-hydrogen) atoms. The Balaban J connectivity index is 0.000000245. The summed E-state index contributed by atoms with van der Waals surface area (Å²) < 4.78 is 4.00. The van der Waals surface area contributed by atoms with Crippen LogP contribution in [0, 0.1) is 0 Å². The van der Waals surface area contributed by atoms with E-state index in [2.05, 4.69) is 0 Å². The molecule has 0 fully saturated rings. The summed E-state index contributed by atoms with van der Waals surface area (Å²) in [5, 5.41) is 0. The van der Waals surface area contributed by atoms with Crippen molar-refractivity contribution in [3.8, 4) is 0 Å². The Morgan fingerprint density at radius 3 is 0.933 bits per heavy atom. The fraction of sp³-hybridized carbons (Fsp3) is 0.167. The molecule has 2 aromatic rings. The zero-order chi connectivity index (χ0) is 10.2. The molecule has 0 unspecified atom stereocenters. The summed E-state index contributed by atoms with van der Waals surface area (Å²) in [5.74, 6) is 0. The molecule has 0 spiro atoms. The number of aryl methyl sites for hydroxylation is 2. The first kappa shape index (κ1) is 13.7. The van der Waals surface area contributed by atoms with Gasteiger partial charge in [0.05, 0.1) is 0 Å². The molecule has 3 heteroatoms. The highest BCUT2D eigenvalue weighted by Gasteiger charge is 1.79. The standard InChI is InChI=1S/2C6H8N.S/c2*1-7-5-3-2-4-6-7;/h2*2-6H,1H3;/q2*+1;-2. The Labute approximate surface area is 98.3 Å². The minimum absolute atomic E-state index is 0. The predicted molar refractivity (Wildman–Crippen MR) is 62.6 cm³/mol. The molecule has 2 nitrogen and oxygen atoms in total. The topological polar surface area (TPSA) is 7.76 Å². The van der Waals surface area contributed by atoms with Gasteiger partial charge in [-0.2, -0.15) is 0 Å². The first-order chi connectivity index (χ1) is 6.79. The van der Waals surface area contributed by atoms with Gasteiger partial charge in [-0.1, -0.05) is 12.1 Å². The lowest BCUT2D eigenvalue weighted by Crippen LogP contribution is -2.25. The first-order valence-corrected chi connectivity index (χ1v) is 4.59. The van der Waals surface area contributed by atoms with Gasteiger partial charge in [-0.15, -0.1) is 0 Å². The fourth-order valence-corrected chi connectivity index (χ4v) is 0.969. The molecule has 0 bridgehead atoms.